The predicted octanol–water partition coefficient (Wildman–Crippen LogP) is 4.96. The van der Waals surface area contributed by atoms with Gasteiger partial charge in [0.1, 0.15) is 18.1 Å². The van der Waals surface area contributed by atoms with Crippen molar-refractivity contribution in [3.05, 3.63) is 59.7 Å². The third-order valence-corrected chi connectivity index (χ3v) is 4.86. The molecule has 148 valence electrons. The molecular formula is C23H28N2O3. The third kappa shape index (κ3) is 6.12. The van der Waals surface area contributed by atoms with E-state index >= 15 is 0 Å². The van der Waals surface area contributed by atoms with Gasteiger partial charge in [-0.3, -0.25) is 4.79 Å². The summed E-state index contributed by atoms with van der Waals surface area (Å²) in [6.45, 7) is 3.04. The maximum Gasteiger partial charge on any atom is 0.271 e. The van der Waals surface area contributed by atoms with Gasteiger partial charge in [-0.05, 0) is 67.6 Å². The second-order valence-electron chi connectivity index (χ2n) is 7.01. The summed E-state index contributed by atoms with van der Waals surface area (Å²) in [7, 11) is 0. The summed E-state index contributed by atoms with van der Waals surface area (Å²) in [5.41, 5.74) is 4.21. The Balaban J connectivity index is 1.45. The average Bonchev–Trinajstić information content (AvgIpc) is 2.74. The Kier molecular flexibility index (Phi) is 7.47. The van der Waals surface area contributed by atoms with E-state index in [2.05, 4.69) is 10.5 Å². The molecule has 2 aromatic carbocycles. The molecule has 0 atom stereocenters. The van der Waals surface area contributed by atoms with E-state index in [0.717, 1.165) is 17.1 Å². The molecule has 28 heavy (non-hydrogen) atoms. The van der Waals surface area contributed by atoms with Crippen LogP contribution in [0.5, 0.6) is 11.5 Å². The van der Waals surface area contributed by atoms with Crippen molar-refractivity contribution < 1.29 is 14.3 Å². The van der Waals surface area contributed by atoms with E-state index in [0.29, 0.717) is 24.7 Å². The van der Waals surface area contributed by atoms with Gasteiger partial charge in [-0.25, -0.2) is 5.43 Å². The maximum absolute atomic E-state index is 12.2. The van der Waals surface area contributed by atoms with Crippen LogP contribution in [0.2, 0.25) is 0 Å². The Morgan fingerprint density at radius 2 is 1.64 bits per heavy atom. The van der Waals surface area contributed by atoms with Gasteiger partial charge in [0, 0.05) is 11.8 Å². The normalized spacial score (nSPS) is 14.8. The molecule has 0 radical (unpaired) electrons. The third-order valence-electron chi connectivity index (χ3n) is 4.86. The second-order valence-corrected chi connectivity index (χ2v) is 7.01. The Morgan fingerprint density at radius 3 is 2.29 bits per heavy atom. The Bertz CT molecular complexity index is 763. The van der Waals surface area contributed by atoms with Gasteiger partial charge in [0.15, 0.2) is 0 Å². The topological polar surface area (TPSA) is 59.9 Å². The van der Waals surface area contributed by atoms with Crippen LogP contribution in [0.25, 0.3) is 0 Å². The van der Waals surface area contributed by atoms with Crippen LogP contribution in [0.15, 0.2) is 53.6 Å². The van der Waals surface area contributed by atoms with Crippen molar-refractivity contribution >= 4 is 12.1 Å². The van der Waals surface area contributed by atoms with Crippen LogP contribution in [0.1, 0.15) is 54.9 Å². The van der Waals surface area contributed by atoms with Gasteiger partial charge < -0.3 is 9.47 Å². The highest BCUT2D eigenvalue weighted by Gasteiger charge is 2.11. The number of carbonyl (C=O) groups is 1. The van der Waals surface area contributed by atoms with E-state index in [1.165, 1.54) is 32.1 Å². The molecule has 0 bridgehead atoms. The summed E-state index contributed by atoms with van der Waals surface area (Å²) >= 11 is 0. The number of nitrogens with one attached hydrogen (secondary N) is 1. The van der Waals surface area contributed by atoms with Gasteiger partial charge >= 0.3 is 0 Å². The SMILES string of the molecule is CCOc1ccc(OCc2ccc(C(=O)NN=CC3CCCCC3)cc2)cc1. The summed E-state index contributed by atoms with van der Waals surface area (Å²) in [6, 6.07) is 14.9. The molecule has 1 aliphatic carbocycles. The van der Waals surface area contributed by atoms with E-state index in [1.54, 1.807) is 12.1 Å². The Morgan fingerprint density at radius 1 is 1.00 bits per heavy atom. The first kappa shape index (κ1) is 19.9. The van der Waals surface area contributed by atoms with Crippen molar-refractivity contribution in [2.24, 2.45) is 11.0 Å². The average molecular weight is 380 g/mol. The lowest BCUT2D eigenvalue weighted by molar-refractivity contribution is 0.0955. The lowest BCUT2D eigenvalue weighted by atomic mass is 9.90. The highest BCUT2D eigenvalue weighted by Crippen LogP contribution is 2.22. The summed E-state index contributed by atoms with van der Waals surface area (Å²) < 4.78 is 11.2. The Labute approximate surface area is 166 Å². The molecular weight excluding hydrogens is 352 g/mol. The monoisotopic (exact) mass is 380 g/mol. The number of carbonyl (C=O) groups excluding carboxylic acids is 1. The molecule has 0 spiro atoms. The highest BCUT2D eigenvalue weighted by molar-refractivity contribution is 5.94. The fraction of sp³-hybridized carbons (Fsp3) is 0.391. The maximum atomic E-state index is 12.2. The van der Waals surface area contributed by atoms with Crippen LogP contribution in [0.4, 0.5) is 0 Å². The molecule has 1 N–H and O–H groups in total. The smallest absolute Gasteiger partial charge is 0.271 e. The molecule has 5 heteroatoms. The van der Waals surface area contributed by atoms with Crippen LogP contribution in [0, 0.1) is 5.92 Å². The quantitative estimate of drug-likeness (QED) is 0.520. The molecule has 0 aliphatic heterocycles. The molecule has 5 nitrogen and oxygen atoms in total. The van der Waals surface area contributed by atoms with Gasteiger partial charge in [0.2, 0.25) is 0 Å². The van der Waals surface area contributed by atoms with Crippen molar-refractivity contribution in [1.29, 1.82) is 0 Å². The molecule has 1 amide bonds. The Hall–Kier alpha value is -2.82. The minimum absolute atomic E-state index is 0.189. The molecule has 1 fully saturated rings. The molecule has 1 aliphatic rings. The van der Waals surface area contributed by atoms with Crippen LogP contribution < -0.4 is 14.9 Å². The van der Waals surface area contributed by atoms with Gasteiger partial charge in [0.25, 0.3) is 5.91 Å². The first-order valence-corrected chi connectivity index (χ1v) is 10.0. The number of ether oxygens (including phenoxy) is 2. The van der Waals surface area contributed by atoms with Crippen molar-refractivity contribution in [3.8, 4) is 11.5 Å². The van der Waals surface area contributed by atoms with Gasteiger partial charge in [0.05, 0.1) is 6.61 Å². The molecule has 0 aromatic heterocycles. The standard InChI is InChI=1S/C23H28N2O3/c1-2-27-21-12-14-22(15-13-21)28-17-19-8-10-20(11-9-19)23(26)25-24-16-18-6-4-3-5-7-18/h8-16,18H,2-7,17H2,1H3,(H,25,26). The molecule has 2 aromatic rings. The van der Waals surface area contributed by atoms with Gasteiger partial charge in [-0.1, -0.05) is 31.4 Å². The number of hydrogen-bond donors (Lipinski definition) is 1. The first-order chi connectivity index (χ1) is 13.7. The summed E-state index contributed by atoms with van der Waals surface area (Å²) in [4.78, 5) is 12.2. The van der Waals surface area contributed by atoms with Crippen LogP contribution >= 0.6 is 0 Å². The van der Waals surface area contributed by atoms with Crippen molar-refractivity contribution in [2.45, 2.75) is 45.6 Å². The largest absolute Gasteiger partial charge is 0.494 e. The van der Waals surface area contributed by atoms with E-state index in [9.17, 15) is 4.79 Å². The number of amides is 1. The molecule has 0 unspecified atom stereocenters. The first-order valence-electron chi connectivity index (χ1n) is 10.0. The van der Waals surface area contributed by atoms with Crippen LogP contribution in [-0.4, -0.2) is 18.7 Å². The van der Waals surface area contributed by atoms with Crippen LogP contribution in [0.3, 0.4) is 0 Å². The number of nitrogens with zero attached hydrogens (tertiary/aromatic N) is 1. The lowest BCUT2D eigenvalue weighted by Gasteiger charge is -2.16. The zero-order valence-corrected chi connectivity index (χ0v) is 16.4. The fourth-order valence-electron chi connectivity index (χ4n) is 3.27. The minimum Gasteiger partial charge on any atom is -0.494 e. The van der Waals surface area contributed by atoms with E-state index in [-0.39, 0.29) is 5.91 Å². The summed E-state index contributed by atoms with van der Waals surface area (Å²) in [6.07, 6.45) is 8.04. The summed E-state index contributed by atoms with van der Waals surface area (Å²) in [5.74, 6) is 1.92. The van der Waals surface area contributed by atoms with Gasteiger partial charge in [-0.15, -0.1) is 0 Å². The van der Waals surface area contributed by atoms with E-state index in [1.807, 2.05) is 49.5 Å². The van der Waals surface area contributed by atoms with E-state index < -0.39 is 0 Å². The number of hydrazone groups is 1. The minimum atomic E-state index is -0.189. The molecule has 0 saturated heterocycles. The van der Waals surface area contributed by atoms with E-state index in [4.69, 9.17) is 9.47 Å². The number of rotatable bonds is 8. The zero-order chi connectivity index (χ0) is 19.6. The van der Waals surface area contributed by atoms with Crippen LogP contribution in [-0.2, 0) is 6.61 Å². The molecule has 1 saturated carbocycles. The zero-order valence-electron chi connectivity index (χ0n) is 16.4. The van der Waals surface area contributed by atoms with Gasteiger partial charge in [-0.2, -0.15) is 5.10 Å². The van der Waals surface area contributed by atoms with Crippen molar-refractivity contribution in [1.82, 2.24) is 5.43 Å². The predicted molar refractivity (Wildman–Crippen MR) is 111 cm³/mol. The lowest BCUT2D eigenvalue weighted by Crippen LogP contribution is -2.19. The van der Waals surface area contributed by atoms with Crippen molar-refractivity contribution in [2.75, 3.05) is 6.61 Å². The fourth-order valence-corrected chi connectivity index (χ4v) is 3.27. The second kappa shape index (κ2) is 10.5. The van der Waals surface area contributed by atoms with Crippen molar-refractivity contribution in [3.63, 3.8) is 0 Å². The number of benzene rings is 2. The molecule has 3 rings (SSSR count). The summed E-state index contributed by atoms with van der Waals surface area (Å²) in [5, 5.41) is 4.13. The molecule has 0 heterocycles. The number of hydrogen-bond acceptors (Lipinski definition) is 4. The highest BCUT2D eigenvalue weighted by atomic mass is 16.5.